The fourth-order valence-corrected chi connectivity index (χ4v) is 1.57. The molecule has 0 aliphatic carbocycles. The van der Waals surface area contributed by atoms with E-state index in [2.05, 4.69) is 15.9 Å². The van der Waals surface area contributed by atoms with Crippen molar-refractivity contribution in [1.82, 2.24) is 0 Å². The van der Waals surface area contributed by atoms with Crippen LogP contribution in [0.1, 0.15) is 10.4 Å². The highest BCUT2D eigenvalue weighted by Gasteiger charge is 2.09. The largest absolute Gasteiger partial charge is 0.377 e. The average Bonchev–Trinajstić information content (AvgIpc) is 2.02. The third-order valence-corrected chi connectivity index (χ3v) is 2.33. The molecule has 0 atom stereocenters. The van der Waals surface area contributed by atoms with Crippen LogP contribution >= 0.6 is 15.9 Å². The Morgan fingerprint density at radius 1 is 1.46 bits per heavy atom. The molecule has 0 saturated carbocycles. The smallest absolute Gasteiger partial charge is 0.153 e. The van der Waals surface area contributed by atoms with Gasteiger partial charge in [0.2, 0.25) is 0 Å². The van der Waals surface area contributed by atoms with Crippen molar-refractivity contribution in [3.63, 3.8) is 0 Å². The highest BCUT2D eigenvalue weighted by atomic mass is 79.9. The molecule has 0 aliphatic heterocycles. The zero-order valence-electron chi connectivity index (χ0n) is 7.34. The topological polar surface area (TPSA) is 20.3 Å². The summed E-state index contributed by atoms with van der Waals surface area (Å²) in [6.45, 7) is 0. The molecule has 0 N–H and O–H groups in total. The van der Waals surface area contributed by atoms with Crippen LogP contribution in [0.2, 0.25) is 0 Å². The summed E-state index contributed by atoms with van der Waals surface area (Å²) in [7, 11) is 3.52. The number of carbonyl (C=O) groups is 1. The lowest BCUT2D eigenvalue weighted by Crippen LogP contribution is -2.11. The van der Waals surface area contributed by atoms with Crippen LogP contribution in [0, 0.1) is 5.82 Å². The van der Waals surface area contributed by atoms with E-state index in [-0.39, 0.29) is 5.82 Å². The molecule has 0 aromatic heterocycles. The predicted octanol–water partition coefficient (Wildman–Crippen LogP) is 2.47. The van der Waals surface area contributed by atoms with Crippen LogP contribution in [0.5, 0.6) is 0 Å². The van der Waals surface area contributed by atoms with Gasteiger partial charge in [-0.25, -0.2) is 4.39 Å². The molecule has 0 unspecified atom stereocenters. The Morgan fingerprint density at radius 2 is 2.08 bits per heavy atom. The molecule has 0 heterocycles. The zero-order chi connectivity index (χ0) is 10.0. The number of aldehydes is 1. The van der Waals surface area contributed by atoms with E-state index in [0.29, 0.717) is 22.0 Å². The lowest BCUT2D eigenvalue weighted by Gasteiger charge is -2.15. The summed E-state index contributed by atoms with van der Waals surface area (Å²) in [5.41, 5.74) is 1.04. The average molecular weight is 246 g/mol. The van der Waals surface area contributed by atoms with Gasteiger partial charge < -0.3 is 4.90 Å². The van der Waals surface area contributed by atoms with Crippen LogP contribution < -0.4 is 4.90 Å². The molecule has 1 rings (SSSR count). The molecule has 70 valence electrons. The Morgan fingerprint density at radius 3 is 2.54 bits per heavy atom. The number of rotatable bonds is 2. The van der Waals surface area contributed by atoms with Crippen molar-refractivity contribution in [3.05, 3.63) is 28.0 Å². The van der Waals surface area contributed by atoms with Gasteiger partial charge in [-0.15, -0.1) is 0 Å². The second-order valence-corrected chi connectivity index (χ2v) is 3.69. The van der Waals surface area contributed by atoms with Crippen molar-refractivity contribution >= 4 is 27.9 Å². The van der Waals surface area contributed by atoms with Crippen molar-refractivity contribution in [2.75, 3.05) is 19.0 Å². The maximum atomic E-state index is 12.9. The molecule has 1 aromatic rings. The lowest BCUT2D eigenvalue weighted by molar-refractivity contribution is 0.112. The Labute approximate surface area is 84.5 Å². The highest BCUT2D eigenvalue weighted by molar-refractivity contribution is 9.10. The maximum absolute atomic E-state index is 12.9. The molecule has 0 bridgehead atoms. The van der Waals surface area contributed by atoms with Gasteiger partial charge in [0.15, 0.2) is 6.29 Å². The van der Waals surface area contributed by atoms with E-state index in [1.807, 2.05) is 0 Å². The first-order valence-corrected chi connectivity index (χ1v) is 4.47. The number of carbonyl (C=O) groups excluding carboxylic acids is 1. The molecule has 0 aliphatic rings. The highest BCUT2D eigenvalue weighted by Crippen LogP contribution is 2.26. The molecule has 1 aromatic carbocycles. The molecule has 0 spiro atoms. The van der Waals surface area contributed by atoms with Gasteiger partial charge in [-0.05, 0) is 28.1 Å². The molecular weight excluding hydrogens is 237 g/mol. The monoisotopic (exact) mass is 245 g/mol. The SMILES string of the molecule is CN(C)c1cc(F)cc(Br)c1C=O. The fourth-order valence-electron chi connectivity index (χ4n) is 1.06. The van der Waals surface area contributed by atoms with E-state index in [1.54, 1.807) is 19.0 Å². The van der Waals surface area contributed by atoms with Crippen molar-refractivity contribution in [2.45, 2.75) is 0 Å². The van der Waals surface area contributed by atoms with Crippen LogP contribution in [0.3, 0.4) is 0 Å². The van der Waals surface area contributed by atoms with Crippen molar-refractivity contribution in [3.8, 4) is 0 Å². The molecule has 13 heavy (non-hydrogen) atoms. The predicted molar refractivity (Wildman–Crippen MR) is 53.8 cm³/mol. The summed E-state index contributed by atoms with van der Waals surface area (Å²) < 4.78 is 13.4. The van der Waals surface area contributed by atoms with Crippen molar-refractivity contribution in [2.24, 2.45) is 0 Å². The van der Waals surface area contributed by atoms with Gasteiger partial charge in [-0.2, -0.15) is 0 Å². The number of anilines is 1. The number of halogens is 2. The zero-order valence-corrected chi connectivity index (χ0v) is 8.93. The minimum atomic E-state index is -0.360. The summed E-state index contributed by atoms with van der Waals surface area (Å²) in [4.78, 5) is 12.4. The molecule has 0 fully saturated rings. The Kier molecular flexibility index (Phi) is 3.03. The van der Waals surface area contributed by atoms with Crippen molar-refractivity contribution in [1.29, 1.82) is 0 Å². The van der Waals surface area contributed by atoms with E-state index in [9.17, 15) is 9.18 Å². The normalized spacial score (nSPS) is 9.85. The second kappa shape index (κ2) is 3.87. The summed E-state index contributed by atoms with van der Waals surface area (Å²) in [6.07, 6.45) is 0.707. The fraction of sp³-hybridized carbons (Fsp3) is 0.222. The molecular formula is C9H9BrFNO. The van der Waals surface area contributed by atoms with Crippen LogP contribution in [0.15, 0.2) is 16.6 Å². The van der Waals surface area contributed by atoms with Crippen LogP contribution in [-0.4, -0.2) is 20.4 Å². The minimum Gasteiger partial charge on any atom is -0.377 e. The number of nitrogens with zero attached hydrogens (tertiary/aromatic N) is 1. The lowest BCUT2D eigenvalue weighted by atomic mass is 10.2. The van der Waals surface area contributed by atoms with Gasteiger partial charge in [0.1, 0.15) is 5.82 Å². The van der Waals surface area contributed by atoms with E-state index >= 15 is 0 Å². The molecule has 0 amide bonds. The Balaban J connectivity index is 3.38. The van der Waals surface area contributed by atoms with E-state index < -0.39 is 0 Å². The second-order valence-electron chi connectivity index (χ2n) is 2.83. The van der Waals surface area contributed by atoms with E-state index in [1.165, 1.54) is 12.1 Å². The first-order valence-electron chi connectivity index (χ1n) is 3.68. The Hall–Kier alpha value is -0.900. The van der Waals surface area contributed by atoms with Gasteiger partial charge in [0, 0.05) is 18.6 Å². The number of hydrogen-bond donors (Lipinski definition) is 0. The number of hydrogen-bond acceptors (Lipinski definition) is 2. The summed E-state index contributed by atoms with van der Waals surface area (Å²) in [6, 6.07) is 2.60. The van der Waals surface area contributed by atoms with Crippen LogP contribution in [0.25, 0.3) is 0 Å². The van der Waals surface area contributed by atoms with Gasteiger partial charge in [0.05, 0.1) is 11.3 Å². The first kappa shape index (κ1) is 10.2. The van der Waals surface area contributed by atoms with Gasteiger partial charge in [-0.3, -0.25) is 4.79 Å². The number of benzene rings is 1. The molecule has 2 nitrogen and oxygen atoms in total. The van der Waals surface area contributed by atoms with Crippen molar-refractivity contribution < 1.29 is 9.18 Å². The minimum absolute atomic E-state index is 0.360. The summed E-state index contributed by atoms with van der Waals surface area (Å²) >= 11 is 3.13. The quantitative estimate of drug-likeness (QED) is 0.747. The first-order chi connectivity index (χ1) is 6.06. The maximum Gasteiger partial charge on any atom is 0.153 e. The molecule has 0 radical (unpaired) electrons. The molecule has 0 saturated heterocycles. The van der Waals surface area contributed by atoms with Gasteiger partial charge in [-0.1, -0.05) is 0 Å². The van der Waals surface area contributed by atoms with Gasteiger partial charge >= 0.3 is 0 Å². The van der Waals surface area contributed by atoms with E-state index in [4.69, 9.17) is 0 Å². The van der Waals surface area contributed by atoms with E-state index in [0.717, 1.165) is 0 Å². The standard InChI is InChI=1S/C9H9BrFNO/c1-12(2)9-4-6(11)3-8(10)7(9)5-13/h3-5H,1-2H3. The third-order valence-electron chi connectivity index (χ3n) is 1.67. The van der Waals surface area contributed by atoms with Crippen LogP contribution in [0.4, 0.5) is 10.1 Å². The third kappa shape index (κ3) is 2.06. The summed E-state index contributed by atoms with van der Waals surface area (Å²) in [5, 5.41) is 0. The van der Waals surface area contributed by atoms with Crippen LogP contribution in [-0.2, 0) is 0 Å². The Bertz CT molecular complexity index is 339. The summed E-state index contributed by atoms with van der Waals surface area (Å²) in [5.74, 6) is -0.360. The molecule has 4 heteroatoms. The van der Waals surface area contributed by atoms with Gasteiger partial charge in [0.25, 0.3) is 0 Å².